The van der Waals surface area contributed by atoms with Crippen molar-refractivity contribution in [1.82, 2.24) is 0 Å². The lowest BCUT2D eigenvalue weighted by molar-refractivity contribution is 0.315. The lowest BCUT2D eigenvalue weighted by atomic mass is 10.1. The van der Waals surface area contributed by atoms with Crippen molar-refractivity contribution in [3.63, 3.8) is 0 Å². The van der Waals surface area contributed by atoms with E-state index in [-0.39, 0.29) is 0 Å². The molecule has 0 aliphatic carbocycles. The SMILES string of the molecule is CCCOc1c(Br)cc(Br)cc1C=C(CC)CCl. The van der Waals surface area contributed by atoms with Gasteiger partial charge in [-0.1, -0.05) is 41.4 Å². The molecule has 18 heavy (non-hydrogen) atoms. The van der Waals surface area contributed by atoms with E-state index in [0.29, 0.717) is 12.5 Å². The van der Waals surface area contributed by atoms with Gasteiger partial charge in [0.1, 0.15) is 5.75 Å². The summed E-state index contributed by atoms with van der Waals surface area (Å²) in [6.07, 6.45) is 4.04. The molecule has 1 rings (SSSR count). The van der Waals surface area contributed by atoms with Crippen molar-refractivity contribution >= 4 is 49.5 Å². The molecule has 0 atom stereocenters. The van der Waals surface area contributed by atoms with Crippen molar-refractivity contribution in [2.24, 2.45) is 0 Å². The van der Waals surface area contributed by atoms with E-state index < -0.39 is 0 Å². The first-order chi connectivity index (χ1) is 8.62. The normalized spacial score (nSPS) is 11.7. The molecule has 0 aliphatic heterocycles. The smallest absolute Gasteiger partial charge is 0.140 e. The quantitative estimate of drug-likeness (QED) is 0.533. The van der Waals surface area contributed by atoms with Gasteiger partial charge in [-0.05, 0) is 40.9 Å². The topological polar surface area (TPSA) is 9.23 Å². The second-order valence-corrected chi connectivity index (χ2v) is 5.98. The zero-order chi connectivity index (χ0) is 13.5. The van der Waals surface area contributed by atoms with E-state index >= 15 is 0 Å². The van der Waals surface area contributed by atoms with Gasteiger partial charge >= 0.3 is 0 Å². The third-order valence-corrected chi connectivity index (χ3v) is 3.86. The minimum absolute atomic E-state index is 0.549. The van der Waals surface area contributed by atoms with Crippen LogP contribution >= 0.6 is 43.5 Å². The maximum Gasteiger partial charge on any atom is 0.140 e. The number of halogens is 3. The van der Waals surface area contributed by atoms with Gasteiger partial charge in [0.15, 0.2) is 0 Å². The van der Waals surface area contributed by atoms with Gasteiger partial charge < -0.3 is 4.74 Å². The van der Waals surface area contributed by atoms with Crippen LogP contribution < -0.4 is 4.74 Å². The Morgan fingerprint density at radius 3 is 2.61 bits per heavy atom. The average molecular weight is 397 g/mol. The molecular formula is C14H17Br2ClO. The standard InChI is InChI=1S/C14H17Br2ClO/c1-3-5-18-14-11(6-10(4-2)9-17)7-12(15)8-13(14)16/h6-8H,3-5,9H2,1-2H3. The number of rotatable bonds is 6. The van der Waals surface area contributed by atoms with Crippen molar-refractivity contribution in [2.75, 3.05) is 12.5 Å². The maximum atomic E-state index is 5.92. The van der Waals surface area contributed by atoms with Gasteiger partial charge in [-0.2, -0.15) is 0 Å². The highest BCUT2D eigenvalue weighted by Gasteiger charge is 2.09. The summed E-state index contributed by atoms with van der Waals surface area (Å²) in [7, 11) is 0. The van der Waals surface area contributed by atoms with Crippen molar-refractivity contribution < 1.29 is 4.74 Å². The van der Waals surface area contributed by atoms with Crippen molar-refractivity contribution in [2.45, 2.75) is 26.7 Å². The molecule has 0 bridgehead atoms. The van der Waals surface area contributed by atoms with Crippen LogP contribution in [-0.4, -0.2) is 12.5 Å². The van der Waals surface area contributed by atoms with Crippen LogP contribution in [0, 0.1) is 0 Å². The van der Waals surface area contributed by atoms with Gasteiger partial charge in [0.25, 0.3) is 0 Å². The van der Waals surface area contributed by atoms with E-state index in [1.54, 1.807) is 0 Å². The number of hydrogen-bond donors (Lipinski definition) is 0. The summed E-state index contributed by atoms with van der Waals surface area (Å²) in [4.78, 5) is 0. The Morgan fingerprint density at radius 2 is 2.06 bits per heavy atom. The summed E-state index contributed by atoms with van der Waals surface area (Å²) in [5.74, 6) is 1.43. The van der Waals surface area contributed by atoms with E-state index in [2.05, 4.69) is 57.8 Å². The van der Waals surface area contributed by atoms with Gasteiger partial charge in [0, 0.05) is 15.9 Å². The monoisotopic (exact) mass is 394 g/mol. The zero-order valence-electron chi connectivity index (χ0n) is 10.6. The third kappa shape index (κ3) is 4.60. The summed E-state index contributed by atoms with van der Waals surface area (Å²) in [5, 5.41) is 0. The summed E-state index contributed by atoms with van der Waals surface area (Å²) < 4.78 is 7.79. The highest BCUT2D eigenvalue weighted by molar-refractivity contribution is 9.11. The first kappa shape index (κ1) is 16.1. The van der Waals surface area contributed by atoms with Crippen LogP contribution in [0.5, 0.6) is 5.75 Å². The first-order valence-electron chi connectivity index (χ1n) is 5.99. The van der Waals surface area contributed by atoms with Gasteiger partial charge in [-0.25, -0.2) is 0 Å². The fourth-order valence-corrected chi connectivity index (χ4v) is 3.14. The number of benzene rings is 1. The Labute approximate surface area is 131 Å². The van der Waals surface area contributed by atoms with Crippen LogP contribution in [0.4, 0.5) is 0 Å². The molecule has 0 aromatic heterocycles. The zero-order valence-corrected chi connectivity index (χ0v) is 14.5. The van der Waals surface area contributed by atoms with Gasteiger partial charge in [0.05, 0.1) is 11.1 Å². The number of ether oxygens (including phenoxy) is 1. The van der Waals surface area contributed by atoms with E-state index in [1.165, 1.54) is 5.57 Å². The predicted molar refractivity (Wildman–Crippen MR) is 86.6 cm³/mol. The van der Waals surface area contributed by atoms with Crippen LogP contribution in [-0.2, 0) is 0 Å². The van der Waals surface area contributed by atoms with E-state index in [1.807, 2.05) is 6.07 Å². The van der Waals surface area contributed by atoms with E-state index in [0.717, 1.165) is 33.1 Å². The minimum Gasteiger partial charge on any atom is -0.492 e. The fraction of sp³-hybridized carbons (Fsp3) is 0.429. The van der Waals surface area contributed by atoms with Crippen molar-refractivity contribution in [1.29, 1.82) is 0 Å². The van der Waals surface area contributed by atoms with Crippen LogP contribution in [0.1, 0.15) is 32.3 Å². The number of hydrogen-bond acceptors (Lipinski definition) is 1. The fourth-order valence-electron chi connectivity index (χ4n) is 1.50. The molecule has 0 heterocycles. The van der Waals surface area contributed by atoms with Crippen LogP contribution in [0.15, 0.2) is 26.7 Å². The summed E-state index contributed by atoms with van der Waals surface area (Å²) in [6.45, 7) is 4.91. The average Bonchev–Trinajstić information content (AvgIpc) is 2.34. The molecule has 0 N–H and O–H groups in total. The molecule has 0 fully saturated rings. The maximum absolute atomic E-state index is 5.92. The Hall–Kier alpha value is 0.01000. The molecular weight excluding hydrogens is 379 g/mol. The molecule has 0 spiro atoms. The molecule has 1 nitrogen and oxygen atoms in total. The van der Waals surface area contributed by atoms with Gasteiger partial charge in [-0.15, -0.1) is 11.6 Å². The first-order valence-corrected chi connectivity index (χ1v) is 8.11. The predicted octanol–water partition coefficient (Wildman–Crippen LogP) is 6.03. The highest BCUT2D eigenvalue weighted by Crippen LogP contribution is 2.34. The highest BCUT2D eigenvalue weighted by atomic mass is 79.9. The molecule has 1 aromatic carbocycles. The van der Waals surface area contributed by atoms with E-state index in [9.17, 15) is 0 Å². The number of allylic oxidation sites excluding steroid dienone is 1. The summed E-state index contributed by atoms with van der Waals surface area (Å²) in [6, 6.07) is 4.05. The molecule has 1 aromatic rings. The van der Waals surface area contributed by atoms with Crippen LogP contribution in [0.3, 0.4) is 0 Å². The molecule has 0 radical (unpaired) electrons. The van der Waals surface area contributed by atoms with Crippen molar-refractivity contribution in [3.8, 4) is 5.75 Å². The molecule has 4 heteroatoms. The molecule has 0 unspecified atom stereocenters. The molecule has 0 aliphatic rings. The van der Waals surface area contributed by atoms with Crippen LogP contribution in [0.25, 0.3) is 6.08 Å². The second-order valence-electron chi connectivity index (χ2n) is 3.94. The third-order valence-electron chi connectivity index (χ3n) is 2.47. The lowest BCUT2D eigenvalue weighted by Crippen LogP contribution is -1.98. The Morgan fingerprint density at radius 1 is 1.33 bits per heavy atom. The van der Waals surface area contributed by atoms with Gasteiger partial charge in [0.2, 0.25) is 0 Å². The Kier molecular flexibility index (Phi) is 7.35. The molecule has 0 amide bonds. The number of alkyl halides is 1. The lowest BCUT2D eigenvalue weighted by Gasteiger charge is -2.12. The van der Waals surface area contributed by atoms with E-state index in [4.69, 9.17) is 16.3 Å². The van der Waals surface area contributed by atoms with Gasteiger partial charge in [-0.3, -0.25) is 0 Å². The second kappa shape index (κ2) is 8.23. The minimum atomic E-state index is 0.549. The Balaban J connectivity index is 3.18. The van der Waals surface area contributed by atoms with Crippen LogP contribution in [0.2, 0.25) is 0 Å². The Bertz CT molecular complexity index is 424. The summed E-state index contributed by atoms with van der Waals surface area (Å²) in [5.41, 5.74) is 2.25. The van der Waals surface area contributed by atoms with Crippen molar-refractivity contribution in [3.05, 3.63) is 32.2 Å². The largest absolute Gasteiger partial charge is 0.492 e. The molecule has 100 valence electrons. The molecule has 0 saturated heterocycles. The molecule has 0 saturated carbocycles. The summed E-state index contributed by atoms with van der Waals surface area (Å²) >= 11 is 13.0.